The van der Waals surface area contributed by atoms with Crippen LogP contribution in [0.5, 0.6) is 0 Å². The number of carbonyl (C=O) groups excluding carboxylic acids is 4. The third-order valence-electron chi connectivity index (χ3n) is 11.7. The highest BCUT2D eigenvalue weighted by atomic mass is 32.2. The number of nitrogens with two attached hydrogens (primary N) is 2. The molecular formula is C53H75F2N5O14S2. The van der Waals surface area contributed by atoms with Crippen LogP contribution in [0, 0.1) is 23.0 Å². The fourth-order valence-corrected chi connectivity index (χ4v) is 9.72. The van der Waals surface area contributed by atoms with Gasteiger partial charge in [-0.15, -0.1) is 11.8 Å². The van der Waals surface area contributed by atoms with Crippen molar-refractivity contribution in [3.63, 3.8) is 0 Å². The number of carbonyl (C=O) groups is 7. The lowest BCUT2D eigenvalue weighted by atomic mass is 9.83. The molecule has 3 rings (SSSR count). The Bertz CT molecular complexity index is 2340. The SMILES string of the molecule is CC(N)(CSC(CC(=O)NCC(=O)CCCOCCOCCOCCOCCC(=O)C[C@@H](CSCC(=O)N(CCCN)[C@@H](c1cc(-c2cc(F)ccc2F)cn1Cc1ccccc1)C(C)(C)C)C(=O)O)C(=O)O)C(=O)O. The maximum Gasteiger partial charge on any atom is 0.324 e. The Hall–Kier alpha value is -5.27. The summed E-state index contributed by atoms with van der Waals surface area (Å²) >= 11 is 1.86. The largest absolute Gasteiger partial charge is 0.481 e. The average Bonchev–Trinajstić information content (AvgIpc) is 3.76. The molecule has 0 aliphatic rings. The fraction of sp³-hybridized carbons (Fsp3) is 0.566. The zero-order valence-corrected chi connectivity index (χ0v) is 45.4. The molecule has 0 aliphatic carbocycles. The van der Waals surface area contributed by atoms with Gasteiger partial charge in [-0.1, -0.05) is 51.1 Å². The highest BCUT2D eigenvalue weighted by Gasteiger charge is 2.37. The number of nitrogens with one attached hydrogen (secondary N) is 1. The van der Waals surface area contributed by atoms with Crippen molar-refractivity contribution in [3.05, 3.63) is 83.7 Å². The number of thioether (sulfide) groups is 2. The smallest absolute Gasteiger partial charge is 0.324 e. The predicted octanol–water partition coefficient (Wildman–Crippen LogP) is 5.44. The molecule has 2 unspecified atom stereocenters. The van der Waals surface area contributed by atoms with Crippen LogP contribution in [-0.2, 0) is 59.1 Å². The second-order valence-electron chi connectivity index (χ2n) is 19.4. The number of ketones is 2. The first kappa shape index (κ1) is 65.0. The summed E-state index contributed by atoms with van der Waals surface area (Å²) in [6.45, 7) is 9.77. The number of hydrogen-bond acceptors (Lipinski definition) is 15. The number of rotatable bonds is 40. The van der Waals surface area contributed by atoms with Gasteiger partial charge in [-0.25, -0.2) is 8.78 Å². The van der Waals surface area contributed by atoms with Gasteiger partial charge in [0.05, 0.1) is 70.5 Å². The van der Waals surface area contributed by atoms with E-state index in [1.54, 1.807) is 17.2 Å². The molecule has 3 aromatic rings. The van der Waals surface area contributed by atoms with Gasteiger partial charge < -0.3 is 60.5 Å². The zero-order chi connectivity index (χ0) is 56.3. The molecule has 0 fully saturated rings. The Kier molecular flexibility index (Phi) is 28.9. The second-order valence-corrected chi connectivity index (χ2v) is 21.6. The molecule has 2 aromatic carbocycles. The third kappa shape index (κ3) is 24.0. The predicted molar refractivity (Wildman–Crippen MR) is 285 cm³/mol. The van der Waals surface area contributed by atoms with Gasteiger partial charge in [0, 0.05) is 79.9 Å². The molecule has 0 spiro atoms. The average molecular weight is 1110 g/mol. The van der Waals surface area contributed by atoms with Crippen molar-refractivity contribution in [2.45, 2.75) is 89.6 Å². The van der Waals surface area contributed by atoms with Crippen molar-refractivity contribution in [2.75, 3.05) is 89.7 Å². The number of ether oxygens (including phenoxy) is 4. The fourth-order valence-electron chi connectivity index (χ4n) is 7.64. The van der Waals surface area contributed by atoms with Gasteiger partial charge in [-0.2, -0.15) is 11.8 Å². The van der Waals surface area contributed by atoms with Crippen LogP contribution in [-0.4, -0.2) is 167 Å². The van der Waals surface area contributed by atoms with Crippen LogP contribution in [0.4, 0.5) is 8.78 Å². The van der Waals surface area contributed by atoms with Crippen molar-refractivity contribution >= 4 is 64.8 Å². The van der Waals surface area contributed by atoms with Crippen molar-refractivity contribution < 1.29 is 76.6 Å². The number of hydrogen-bond donors (Lipinski definition) is 6. The first-order chi connectivity index (χ1) is 36.0. The van der Waals surface area contributed by atoms with E-state index in [-0.39, 0.29) is 126 Å². The lowest BCUT2D eigenvalue weighted by molar-refractivity contribution is -0.143. The van der Waals surface area contributed by atoms with Crippen LogP contribution < -0.4 is 16.8 Å². The molecule has 0 saturated heterocycles. The lowest BCUT2D eigenvalue weighted by Gasteiger charge is -2.41. The van der Waals surface area contributed by atoms with Crippen molar-refractivity contribution in [3.8, 4) is 11.1 Å². The van der Waals surface area contributed by atoms with E-state index in [0.717, 1.165) is 47.3 Å². The number of Topliss-reactive ketones (excluding diaryl/α,β-unsaturated/α-hetero) is 2. The minimum absolute atomic E-state index is 0.00577. The molecule has 19 nitrogen and oxygen atoms in total. The van der Waals surface area contributed by atoms with Gasteiger partial charge in [-0.3, -0.25) is 33.6 Å². The van der Waals surface area contributed by atoms with Crippen LogP contribution in [0.15, 0.2) is 60.8 Å². The number of carboxylic acids is 3. The van der Waals surface area contributed by atoms with Crippen LogP contribution in [0.2, 0.25) is 0 Å². The van der Waals surface area contributed by atoms with E-state index in [1.165, 1.54) is 6.92 Å². The number of carboxylic acid groups (broad SMARTS) is 3. The third-order valence-corrected chi connectivity index (χ3v) is 14.3. The normalized spacial score (nSPS) is 13.6. The topological polar surface area (TPSA) is 289 Å². The molecule has 23 heteroatoms. The van der Waals surface area contributed by atoms with E-state index >= 15 is 4.39 Å². The number of benzene rings is 2. The highest BCUT2D eigenvalue weighted by molar-refractivity contribution is 8.00. The van der Waals surface area contributed by atoms with E-state index < -0.39 is 70.0 Å². The molecule has 8 N–H and O–H groups in total. The quantitative estimate of drug-likeness (QED) is 0.0387. The maximum atomic E-state index is 15.2. The minimum atomic E-state index is -1.66. The minimum Gasteiger partial charge on any atom is -0.481 e. The summed E-state index contributed by atoms with van der Waals surface area (Å²) in [6.07, 6.45) is 2.06. The van der Waals surface area contributed by atoms with E-state index in [2.05, 4.69) is 5.32 Å². The molecule has 0 radical (unpaired) electrons. The Morgan fingerprint density at radius 2 is 1.41 bits per heavy atom. The molecular weight excluding hydrogens is 1030 g/mol. The van der Waals surface area contributed by atoms with Gasteiger partial charge in [0.1, 0.15) is 28.2 Å². The van der Waals surface area contributed by atoms with Crippen LogP contribution in [0.3, 0.4) is 0 Å². The number of amides is 2. The van der Waals surface area contributed by atoms with Crippen molar-refractivity contribution in [1.29, 1.82) is 0 Å². The Morgan fingerprint density at radius 3 is 2.00 bits per heavy atom. The number of aliphatic carboxylic acids is 3. The Morgan fingerprint density at radius 1 is 0.776 bits per heavy atom. The zero-order valence-electron chi connectivity index (χ0n) is 43.8. The van der Waals surface area contributed by atoms with E-state index in [9.17, 15) is 48.2 Å². The van der Waals surface area contributed by atoms with Crippen LogP contribution in [0.25, 0.3) is 11.1 Å². The first-order valence-electron chi connectivity index (χ1n) is 25.0. The Labute approximate surface area is 451 Å². The molecule has 1 heterocycles. The molecule has 422 valence electrons. The second kappa shape index (κ2) is 33.8. The number of nitrogens with zero attached hydrogens (tertiary/aromatic N) is 2. The lowest BCUT2D eigenvalue weighted by Crippen LogP contribution is -2.48. The standard InChI is InChI=1S/C53H75F2N5O14S2/c1-52(2,3)48(44-27-37(42-28-39(54)13-14-43(42)55)32-59(44)31-36-10-6-5-7-11-36)60(17-9-16-56)47(64)34-75-33-38(49(65)66)26-40(61)15-19-72-21-23-74-25-24-73-22-20-71-18-8-12-41(62)30-58-46(63)29-45(50(67)68)76-35-53(4,57)51(69)70/h5-7,10-11,13-14,27-28,32,38,45,48H,8-9,12,15-26,29-31,33-35,56-57H2,1-4H3,(H,58,63)(H,65,66)(H,67,68)(H,69,70)/t38-,45?,48-,53?/m0/s1. The molecule has 4 atom stereocenters. The molecule has 1 aromatic heterocycles. The highest BCUT2D eigenvalue weighted by Crippen LogP contribution is 2.41. The van der Waals surface area contributed by atoms with E-state index in [4.69, 9.17) is 35.5 Å². The summed E-state index contributed by atoms with van der Waals surface area (Å²) in [7, 11) is 0. The molecule has 2 amide bonds. The van der Waals surface area contributed by atoms with Gasteiger partial charge in [0.15, 0.2) is 5.78 Å². The number of aromatic nitrogens is 1. The van der Waals surface area contributed by atoms with Crippen LogP contribution in [0.1, 0.15) is 83.5 Å². The summed E-state index contributed by atoms with van der Waals surface area (Å²) in [6, 6.07) is 14.2. The van der Waals surface area contributed by atoms with Gasteiger partial charge in [-0.05, 0) is 61.6 Å². The van der Waals surface area contributed by atoms with E-state index in [0.29, 0.717) is 37.2 Å². The summed E-state index contributed by atoms with van der Waals surface area (Å²) < 4.78 is 53.5. The van der Waals surface area contributed by atoms with Crippen molar-refractivity contribution in [2.24, 2.45) is 22.8 Å². The van der Waals surface area contributed by atoms with Crippen LogP contribution >= 0.6 is 23.5 Å². The van der Waals surface area contributed by atoms with Crippen molar-refractivity contribution in [1.82, 2.24) is 14.8 Å². The summed E-state index contributed by atoms with van der Waals surface area (Å²) in [4.78, 5) is 88.1. The molecule has 0 aliphatic heterocycles. The molecule has 0 bridgehead atoms. The monoisotopic (exact) mass is 1110 g/mol. The van der Waals surface area contributed by atoms with Gasteiger partial charge in [0.25, 0.3) is 0 Å². The molecule has 76 heavy (non-hydrogen) atoms. The maximum absolute atomic E-state index is 15.2. The summed E-state index contributed by atoms with van der Waals surface area (Å²) in [5.74, 6) is -7.77. The van der Waals surface area contributed by atoms with Gasteiger partial charge in [0.2, 0.25) is 11.8 Å². The van der Waals surface area contributed by atoms with Gasteiger partial charge >= 0.3 is 17.9 Å². The Balaban J connectivity index is 1.34. The molecule has 0 saturated carbocycles. The number of halogens is 2. The summed E-state index contributed by atoms with van der Waals surface area (Å²) in [5, 5.41) is 29.6. The van der Waals surface area contributed by atoms with E-state index in [1.807, 2.05) is 55.7 Å². The summed E-state index contributed by atoms with van der Waals surface area (Å²) in [5.41, 5.74) is 11.5. The first-order valence-corrected chi connectivity index (χ1v) is 27.2.